The van der Waals surface area contributed by atoms with Gasteiger partial charge in [-0.05, 0) is 89.9 Å². The number of hydrogen-bond donors (Lipinski definition) is 3. The predicted molar refractivity (Wildman–Crippen MR) is 244 cm³/mol. The van der Waals surface area contributed by atoms with Crippen molar-refractivity contribution < 1.29 is 47.5 Å². The summed E-state index contributed by atoms with van der Waals surface area (Å²) in [5.41, 5.74) is 5.33. The third kappa shape index (κ3) is 41.1. The molecule has 0 aromatic carbocycles. The maximum Gasteiger partial charge on any atom is 0.472 e. The number of allylic oxidation sites excluding steroid dienone is 16. The van der Waals surface area contributed by atoms with Crippen molar-refractivity contribution in [3.8, 4) is 0 Å². The van der Waals surface area contributed by atoms with Gasteiger partial charge >= 0.3 is 25.7 Å². The molecule has 0 amide bonds. The molecule has 0 radical (unpaired) electrons. The molecule has 0 fully saturated rings. The van der Waals surface area contributed by atoms with Gasteiger partial charge in [0.25, 0.3) is 0 Å². The molecule has 60 heavy (non-hydrogen) atoms. The minimum absolute atomic E-state index is 0.105. The lowest BCUT2D eigenvalue weighted by Crippen LogP contribution is -2.34. The zero-order valence-corrected chi connectivity index (χ0v) is 37.6. The number of carboxylic acids is 1. The molecule has 3 atom stereocenters. The van der Waals surface area contributed by atoms with E-state index in [9.17, 15) is 23.8 Å². The number of carboxylic acid groups (broad SMARTS) is 1. The van der Waals surface area contributed by atoms with Gasteiger partial charge in [0.15, 0.2) is 6.10 Å². The zero-order valence-electron chi connectivity index (χ0n) is 36.8. The molecule has 0 heterocycles. The number of unbranched alkanes of at least 4 members (excludes halogenated alkanes) is 10. The quantitative estimate of drug-likeness (QED) is 0.0232. The van der Waals surface area contributed by atoms with Crippen molar-refractivity contribution in [2.75, 3.05) is 19.8 Å². The smallest absolute Gasteiger partial charge is 0.472 e. The molecule has 0 rings (SSSR count). The normalized spacial score (nSPS) is 14.6. The molecule has 0 aliphatic carbocycles. The minimum atomic E-state index is -4.74. The topological polar surface area (TPSA) is 172 Å². The van der Waals surface area contributed by atoms with Crippen LogP contribution in [-0.4, -0.2) is 59.9 Å². The van der Waals surface area contributed by atoms with E-state index >= 15 is 0 Å². The Morgan fingerprint density at radius 3 is 1.45 bits per heavy atom. The summed E-state index contributed by atoms with van der Waals surface area (Å²) in [6.45, 7) is 2.58. The maximum absolute atomic E-state index is 12.6. The van der Waals surface area contributed by atoms with Crippen LogP contribution in [0.1, 0.15) is 155 Å². The Hall–Kier alpha value is -3.60. The monoisotopic (exact) mass is 860 g/mol. The first-order chi connectivity index (χ1) is 29.1. The number of carbonyl (C=O) groups excluding carboxylic acids is 2. The molecule has 0 aromatic rings. The first-order valence-electron chi connectivity index (χ1n) is 22.3. The maximum atomic E-state index is 12.6. The van der Waals surface area contributed by atoms with Crippen LogP contribution in [-0.2, 0) is 37.5 Å². The van der Waals surface area contributed by atoms with E-state index in [1.807, 2.05) is 6.08 Å². The summed E-state index contributed by atoms with van der Waals surface area (Å²) in [4.78, 5) is 46.0. The third-order valence-electron chi connectivity index (χ3n) is 8.82. The van der Waals surface area contributed by atoms with Crippen LogP contribution in [0.25, 0.3) is 0 Å². The highest BCUT2D eigenvalue weighted by Crippen LogP contribution is 2.43. The van der Waals surface area contributed by atoms with Gasteiger partial charge in [-0.1, -0.05) is 150 Å². The predicted octanol–water partition coefficient (Wildman–Crippen LogP) is 12.1. The van der Waals surface area contributed by atoms with Gasteiger partial charge in [0.05, 0.1) is 13.2 Å². The molecular weight excluding hydrogens is 781 g/mol. The van der Waals surface area contributed by atoms with Crippen LogP contribution < -0.4 is 5.73 Å². The number of carbonyl (C=O) groups is 3. The summed E-state index contributed by atoms with van der Waals surface area (Å²) in [7, 11) is -4.74. The molecule has 11 nitrogen and oxygen atoms in total. The lowest BCUT2D eigenvalue weighted by Gasteiger charge is -2.20. The van der Waals surface area contributed by atoms with Crippen LogP contribution in [0.3, 0.4) is 0 Å². The fraction of sp³-hybridized carbons (Fsp3) is 0.604. The van der Waals surface area contributed by atoms with Crippen molar-refractivity contribution in [1.29, 1.82) is 0 Å². The highest BCUT2D eigenvalue weighted by atomic mass is 31.2. The summed E-state index contributed by atoms with van der Waals surface area (Å²) in [5, 5.41) is 8.89. The first kappa shape index (κ1) is 56.4. The van der Waals surface area contributed by atoms with Crippen LogP contribution in [0.4, 0.5) is 0 Å². The summed E-state index contributed by atoms with van der Waals surface area (Å²) < 4.78 is 32.6. The molecular formula is C48H78NO10P. The van der Waals surface area contributed by atoms with Gasteiger partial charge in [0.2, 0.25) is 0 Å². The second-order valence-corrected chi connectivity index (χ2v) is 15.9. The summed E-state index contributed by atoms with van der Waals surface area (Å²) in [6.07, 6.45) is 53.4. The van der Waals surface area contributed by atoms with Gasteiger partial charge < -0.3 is 25.2 Å². The molecule has 0 aliphatic heterocycles. The van der Waals surface area contributed by atoms with Crippen LogP contribution in [0.5, 0.6) is 0 Å². The van der Waals surface area contributed by atoms with Crippen LogP contribution in [0.2, 0.25) is 0 Å². The second-order valence-electron chi connectivity index (χ2n) is 14.4. The van der Waals surface area contributed by atoms with E-state index in [2.05, 4.69) is 110 Å². The van der Waals surface area contributed by atoms with Crippen molar-refractivity contribution in [1.82, 2.24) is 0 Å². The SMILES string of the molecule is CC/C=C\C/C=C\C/C=C\C/C=C\C/C=C\CCCCCC(=O)O[C@H](COC(=O)CCC/C=C\C/C=C\C/C=C\CCCCCCCC)COP(=O)(O)OC[C@H](N)C(=O)O. The molecule has 0 spiro atoms. The van der Waals surface area contributed by atoms with E-state index in [4.69, 9.17) is 24.8 Å². The molecule has 0 saturated carbocycles. The number of nitrogens with two attached hydrogens (primary N) is 1. The van der Waals surface area contributed by atoms with Gasteiger partial charge in [-0.15, -0.1) is 0 Å². The number of ether oxygens (including phenoxy) is 2. The molecule has 0 saturated heterocycles. The zero-order chi connectivity index (χ0) is 44.2. The number of aliphatic carboxylic acids is 1. The molecule has 4 N–H and O–H groups in total. The van der Waals surface area contributed by atoms with Gasteiger partial charge in [-0.3, -0.25) is 23.4 Å². The van der Waals surface area contributed by atoms with Crippen LogP contribution in [0, 0.1) is 0 Å². The van der Waals surface area contributed by atoms with Crippen molar-refractivity contribution in [3.63, 3.8) is 0 Å². The van der Waals surface area contributed by atoms with E-state index in [1.165, 1.54) is 38.5 Å². The Kier molecular flexibility index (Phi) is 39.6. The van der Waals surface area contributed by atoms with Crippen LogP contribution in [0.15, 0.2) is 97.2 Å². The van der Waals surface area contributed by atoms with Gasteiger partial charge in [-0.2, -0.15) is 0 Å². The Bertz CT molecular complexity index is 1380. The molecule has 1 unspecified atom stereocenters. The van der Waals surface area contributed by atoms with E-state index < -0.39 is 57.7 Å². The second kappa shape index (κ2) is 42.1. The minimum Gasteiger partial charge on any atom is -0.480 e. The molecule has 0 bridgehead atoms. The standard InChI is InChI=1S/C48H78NO10P/c1-3-5-7-9-11-13-15-17-19-21-22-24-26-28-30-32-34-36-38-40-47(51)59-44(42-57-60(54,55)58-43-45(49)48(52)53)41-56-46(50)39-37-35-33-31-29-27-25-23-20-18-16-14-12-10-8-6-4-2/h5,7,11,13,17-20,22,24-25,27-28,30-31,33,44-45H,3-4,6,8-10,12,14-16,21,23,26,29,32,34-43,49H2,1-2H3,(H,52,53)(H,54,55)/b7-5-,13-11-,19-17-,20-18-,24-22-,27-25-,30-28-,33-31-/t44-,45+/m1/s1. The van der Waals surface area contributed by atoms with Crippen molar-refractivity contribution in [2.24, 2.45) is 5.73 Å². The first-order valence-corrected chi connectivity index (χ1v) is 23.8. The number of hydrogen-bond acceptors (Lipinski definition) is 9. The number of esters is 2. The Morgan fingerprint density at radius 1 is 0.533 bits per heavy atom. The van der Waals surface area contributed by atoms with E-state index in [1.54, 1.807) is 0 Å². The van der Waals surface area contributed by atoms with Crippen LogP contribution >= 0.6 is 7.82 Å². The Balaban J connectivity index is 4.52. The largest absolute Gasteiger partial charge is 0.480 e. The highest BCUT2D eigenvalue weighted by molar-refractivity contribution is 7.47. The number of phosphoric acid groups is 1. The third-order valence-corrected chi connectivity index (χ3v) is 9.77. The highest BCUT2D eigenvalue weighted by Gasteiger charge is 2.28. The Labute approximate surface area is 362 Å². The summed E-state index contributed by atoms with van der Waals surface area (Å²) in [5.74, 6) is -2.50. The van der Waals surface area contributed by atoms with Gasteiger partial charge in [0, 0.05) is 12.8 Å². The molecule has 0 aromatic heterocycles. The summed E-state index contributed by atoms with van der Waals surface area (Å²) >= 11 is 0. The fourth-order valence-corrected chi connectivity index (χ4v) is 6.12. The molecule has 0 aliphatic rings. The summed E-state index contributed by atoms with van der Waals surface area (Å²) in [6, 6.07) is -1.54. The van der Waals surface area contributed by atoms with Crippen molar-refractivity contribution in [3.05, 3.63) is 97.2 Å². The van der Waals surface area contributed by atoms with Gasteiger partial charge in [0.1, 0.15) is 12.6 Å². The lowest BCUT2D eigenvalue weighted by molar-refractivity contribution is -0.161. The average molecular weight is 860 g/mol. The van der Waals surface area contributed by atoms with Crippen molar-refractivity contribution >= 4 is 25.7 Å². The number of rotatable bonds is 40. The fourth-order valence-electron chi connectivity index (χ4n) is 5.34. The van der Waals surface area contributed by atoms with E-state index in [-0.39, 0.29) is 12.8 Å². The molecule has 340 valence electrons. The average Bonchev–Trinajstić information content (AvgIpc) is 3.22. The number of phosphoric ester groups is 1. The lowest BCUT2D eigenvalue weighted by atomic mass is 10.1. The van der Waals surface area contributed by atoms with Gasteiger partial charge in [-0.25, -0.2) is 4.57 Å². The molecule has 12 heteroatoms. The van der Waals surface area contributed by atoms with E-state index in [0.29, 0.717) is 19.3 Å². The Morgan fingerprint density at radius 2 is 0.950 bits per heavy atom. The van der Waals surface area contributed by atoms with E-state index in [0.717, 1.165) is 70.6 Å². The van der Waals surface area contributed by atoms with Crippen molar-refractivity contribution in [2.45, 2.75) is 167 Å².